The van der Waals surface area contributed by atoms with Crippen LogP contribution in [0, 0.1) is 18.3 Å². The summed E-state index contributed by atoms with van der Waals surface area (Å²) >= 11 is 5.82. The van der Waals surface area contributed by atoms with E-state index in [-0.39, 0.29) is 23.8 Å². The molecular formula is C23H17ClN2O5. The van der Waals surface area contributed by atoms with Crippen LogP contribution in [0.15, 0.2) is 70.5 Å². The second-order valence-corrected chi connectivity index (χ2v) is 7.23. The third kappa shape index (κ3) is 4.34. The number of nitrogens with two attached hydrogens (primary N) is 1. The number of hydrogen-bond acceptors (Lipinski definition) is 7. The number of nitriles is 1. The number of carbonyl (C=O) groups is 1. The van der Waals surface area contributed by atoms with Crippen LogP contribution in [-0.4, -0.2) is 12.6 Å². The topological polar surface area (TPSA) is 108 Å². The van der Waals surface area contributed by atoms with Crippen LogP contribution < -0.4 is 19.9 Å². The van der Waals surface area contributed by atoms with E-state index in [2.05, 4.69) is 6.07 Å². The van der Waals surface area contributed by atoms with Gasteiger partial charge in [-0.15, -0.1) is 0 Å². The Balaban J connectivity index is 1.52. The fraction of sp³-hybridized carbons (Fsp3) is 0.130. The molecule has 1 unspecified atom stereocenters. The van der Waals surface area contributed by atoms with E-state index in [0.29, 0.717) is 33.6 Å². The molecule has 0 aliphatic carbocycles. The lowest BCUT2D eigenvalue weighted by atomic mass is 9.87. The largest absolute Gasteiger partial charge is 0.482 e. The van der Waals surface area contributed by atoms with Crippen molar-refractivity contribution in [1.29, 1.82) is 5.26 Å². The molecule has 7 nitrogen and oxygen atoms in total. The number of furan rings is 1. The molecule has 2 heterocycles. The molecule has 1 aromatic heterocycles. The number of esters is 1. The Morgan fingerprint density at radius 1 is 1.16 bits per heavy atom. The summed E-state index contributed by atoms with van der Waals surface area (Å²) in [5, 5.41) is 10.1. The van der Waals surface area contributed by atoms with Crippen LogP contribution in [-0.2, 0) is 4.79 Å². The van der Waals surface area contributed by atoms with Gasteiger partial charge in [0.05, 0.1) is 5.92 Å². The molecule has 1 aliphatic heterocycles. The van der Waals surface area contributed by atoms with Crippen molar-refractivity contribution in [3.05, 3.63) is 88.2 Å². The monoisotopic (exact) mass is 436 g/mol. The Kier molecular flexibility index (Phi) is 5.56. The van der Waals surface area contributed by atoms with Crippen molar-refractivity contribution in [2.75, 3.05) is 6.61 Å². The molecule has 3 aromatic rings. The van der Waals surface area contributed by atoms with Crippen molar-refractivity contribution in [3.63, 3.8) is 0 Å². The highest BCUT2D eigenvalue weighted by molar-refractivity contribution is 6.30. The standard InChI is InChI=1S/C23H17ClN2O5/c1-13-2-9-19(29-13)22-17-8-7-16(10-20(17)31-23(26)18(22)11-25)30-21(27)12-28-15-5-3-14(24)4-6-15/h2-10,22H,12,26H2,1H3. The molecule has 0 fully saturated rings. The summed E-state index contributed by atoms with van der Waals surface area (Å²) in [4.78, 5) is 12.2. The van der Waals surface area contributed by atoms with Crippen molar-refractivity contribution in [3.8, 4) is 23.3 Å². The van der Waals surface area contributed by atoms with E-state index in [1.807, 2.05) is 13.0 Å². The van der Waals surface area contributed by atoms with E-state index in [9.17, 15) is 10.1 Å². The first-order chi connectivity index (χ1) is 14.9. The van der Waals surface area contributed by atoms with Gasteiger partial charge < -0.3 is 24.4 Å². The number of halogens is 1. The van der Waals surface area contributed by atoms with Crippen LogP contribution in [0.25, 0.3) is 0 Å². The van der Waals surface area contributed by atoms with Gasteiger partial charge in [-0.05, 0) is 49.4 Å². The Morgan fingerprint density at radius 2 is 1.90 bits per heavy atom. The van der Waals surface area contributed by atoms with Crippen LogP contribution in [0.3, 0.4) is 0 Å². The normalized spacial score (nSPS) is 14.9. The minimum absolute atomic E-state index is 0.0244. The third-order valence-electron chi connectivity index (χ3n) is 4.64. The first kappa shape index (κ1) is 20.4. The second-order valence-electron chi connectivity index (χ2n) is 6.79. The fourth-order valence-corrected chi connectivity index (χ4v) is 3.36. The van der Waals surface area contributed by atoms with Gasteiger partial charge in [0.2, 0.25) is 5.88 Å². The minimum Gasteiger partial charge on any atom is -0.482 e. The zero-order valence-electron chi connectivity index (χ0n) is 16.4. The van der Waals surface area contributed by atoms with Gasteiger partial charge in [0.1, 0.15) is 40.4 Å². The third-order valence-corrected chi connectivity index (χ3v) is 4.89. The maximum Gasteiger partial charge on any atom is 0.349 e. The lowest BCUT2D eigenvalue weighted by molar-refractivity contribution is -0.136. The zero-order valence-corrected chi connectivity index (χ0v) is 17.2. The summed E-state index contributed by atoms with van der Waals surface area (Å²) < 4.78 is 22.1. The highest BCUT2D eigenvalue weighted by Crippen LogP contribution is 2.43. The predicted octanol–water partition coefficient (Wildman–Crippen LogP) is 4.44. The van der Waals surface area contributed by atoms with E-state index >= 15 is 0 Å². The Morgan fingerprint density at radius 3 is 2.58 bits per heavy atom. The number of ether oxygens (including phenoxy) is 3. The number of nitrogens with zero attached hydrogens (tertiary/aromatic N) is 1. The molecule has 0 bridgehead atoms. The first-order valence-corrected chi connectivity index (χ1v) is 9.69. The average Bonchev–Trinajstić information content (AvgIpc) is 3.18. The molecule has 0 radical (unpaired) electrons. The van der Waals surface area contributed by atoms with Gasteiger partial charge in [-0.3, -0.25) is 0 Å². The van der Waals surface area contributed by atoms with Crippen molar-refractivity contribution in [2.45, 2.75) is 12.8 Å². The van der Waals surface area contributed by atoms with E-state index in [1.54, 1.807) is 48.5 Å². The molecule has 0 amide bonds. The Bertz CT molecular complexity index is 1210. The van der Waals surface area contributed by atoms with Crippen LogP contribution >= 0.6 is 11.6 Å². The molecule has 0 saturated heterocycles. The first-order valence-electron chi connectivity index (χ1n) is 9.31. The van der Waals surface area contributed by atoms with Gasteiger partial charge in [0.25, 0.3) is 0 Å². The Labute approximate surface area is 183 Å². The summed E-state index contributed by atoms with van der Waals surface area (Å²) in [6.45, 7) is 1.53. The molecule has 2 N–H and O–H groups in total. The summed E-state index contributed by atoms with van der Waals surface area (Å²) in [6, 6.07) is 17.2. The maximum absolute atomic E-state index is 12.2. The predicted molar refractivity (Wildman–Crippen MR) is 112 cm³/mol. The van der Waals surface area contributed by atoms with Crippen LogP contribution in [0.1, 0.15) is 23.0 Å². The van der Waals surface area contributed by atoms with Crippen molar-refractivity contribution in [2.24, 2.45) is 5.73 Å². The van der Waals surface area contributed by atoms with E-state index in [0.717, 1.165) is 0 Å². The number of hydrogen-bond donors (Lipinski definition) is 1. The summed E-state index contributed by atoms with van der Waals surface area (Å²) in [7, 11) is 0. The molecule has 4 rings (SSSR count). The number of benzene rings is 2. The lowest BCUT2D eigenvalue weighted by Crippen LogP contribution is -2.21. The number of allylic oxidation sites excluding steroid dienone is 1. The van der Waals surface area contributed by atoms with E-state index in [1.165, 1.54) is 0 Å². The highest BCUT2D eigenvalue weighted by Gasteiger charge is 2.33. The number of carbonyl (C=O) groups excluding carboxylic acids is 1. The molecule has 0 spiro atoms. The van der Waals surface area contributed by atoms with Gasteiger partial charge in [0, 0.05) is 16.7 Å². The summed E-state index contributed by atoms with van der Waals surface area (Å²) in [6.07, 6.45) is 0. The van der Waals surface area contributed by atoms with Gasteiger partial charge >= 0.3 is 5.97 Å². The molecule has 1 aliphatic rings. The molecule has 2 aromatic carbocycles. The van der Waals surface area contributed by atoms with Crippen LogP contribution in [0.4, 0.5) is 0 Å². The van der Waals surface area contributed by atoms with Gasteiger partial charge in [-0.2, -0.15) is 5.26 Å². The number of aryl methyl sites for hydroxylation is 1. The van der Waals surface area contributed by atoms with Crippen molar-refractivity contribution < 1.29 is 23.4 Å². The SMILES string of the molecule is Cc1ccc(C2C(C#N)=C(N)Oc3cc(OC(=O)COc4ccc(Cl)cc4)ccc32)o1. The van der Waals surface area contributed by atoms with Gasteiger partial charge in [-0.1, -0.05) is 17.7 Å². The summed E-state index contributed by atoms with van der Waals surface area (Å²) in [5.74, 6) is 1.28. The molecule has 31 heavy (non-hydrogen) atoms. The molecule has 0 saturated carbocycles. The maximum atomic E-state index is 12.2. The van der Waals surface area contributed by atoms with E-state index in [4.69, 9.17) is 36.0 Å². The average molecular weight is 437 g/mol. The molecule has 156 valence electrons. The second kappa shape index (κ2) is 8.46. The van der Waals surface area contributed by atoms with E-state index < -0.39 is 11.9 Å². The van der Waals surface area contributed by atoms with Gasteiger partial charge in [0.15, 0.2) is 6.61 Å². The highest BCUT2D eigenvalue weighted by atomic mass is 35.5. The van der Waals surface area contributed by atoms with Crippen LogP contribution in [0.2, 0.25) is 5.02 Å². The zero-order chi connectivity index (χ0) is 22.0. The lowest BCUT2D eigenvalue weighted by Gasteiger charge is -2.25. The molecular weight excluding hydrogens is 420 g/mol. The quantitative estimate of drug-likeness (QED) is 0.465. The fourth-order valence-electron chi connectivity index (χ4n) is 3.23. The number of rotatable bonds is 5. The van der Waals surface area contributed by atoms with Crippen molar-refractivity contribution in [1.82, 2.24) is 0 Å². The van der Waals surface area contributed by atoms with Gasteiger partial charge in [-0.25, -0.2) is 4.79 Å². The summed E-state index contributed by atoms with van der Waals surface area (Å²) in [5.41, 5.74) is 6.90. The number of fused-ring (bicyclic) bond motifs is 1. The van der Waals surface area contributed by atoms with Crippen LogP contribution in [0.5, 0.6) is 17.2 Å². The smallest absolute Gasteiger partial charge is 0.349 e. The van der Waals surface area contributed by atoms with Crippen molar-refractivity contribution >= 4 is 17.6 Å². The molecule has 1 atom stereocenters. The minimum atomic E-state index is -0.592. The Hall–Kier alpha value is -3.89. The molecule has 8 heteroatoms.